The van der Waals surface area contributed by atoms with E-state index in [2.05, 4.69) is 0 Å². The van der Waals surface area contributed by atoms with Gasteiger partial charge in [0.25, 0.3) is 17.7 Å². The van der Waals surface area contributed by atoms with Crippen LogP contribution in [0.4, 0.5) is 0 Å². The third-order valence-corrected chi connectivity index (χ3v) is 3.33. The van der Waals surface area contributed by atoms with Crippen LogP contribution >= 0.6 is 0 Å². The number of benzene rings is 2. The lowest BCUT2D eigenvalue weighted by atomic mass is 10.1. The number of imide groups is 3. The smallest absolute Gasteiger partial charge is 0.268 e. The summed E-state index contributed by atoms with van der Waals surface area (Å²) in [7, 11) is 1.51. The second kappa shape index (κ2) is 4.86. The molecule has 0 spiro atoms. The average Bonchev–Trinajstić information content (AvgIpc) is 2.79. The number of carbonyl (C=O) groups is 3. The predicted molar refractivity (Wildman–Crippen MR) is 74.3 cm³/mol. The SMILES string of the molecule is COc1ccc(C(=O)N2C(=O)c3ccccc3C2=O)cc1. The Hall–Kier alpha value is -2.95. The Labute approximate surface area is 120 Å². The van der Waals surface area contributed by atoms with E-state index in [-0.39, 0.29) is 16.7 Å². The lowest BCUT2D eigenvalue weighted by molar-refractivity contribution is 0.0566. The maximum absolute atomic E-state index is 12.4. The number of carbonyl (C=O) groups excluding carboxylic acids is 3. The Morgan fingerprint density at radius 3 is 1.90 bits per heavy atom. The fourth-order valence-corrected chi connectivity index (χ4v) is 2.24. The van der Waals surface area contributed by atoms with Gasteiger partial charge in [-0.15, -0.1) is 0 Å². The Morgan fingerprint density at radius 2 is 1.43 bits per heavy atom. The highest BCUT2D eigenvalue weighted by Gasteiger charge is 2.39. The number of hydrogen-bond donors (Lipinski definition) is 0. The minimum Gasteiger partial charge on any atom is -0.497 e. The third kappa shape index (κ3) is 1.99. The van der Waals surface area contributed by atoms with Gasteiger partial charge in [-0.25, -0.2) is 4.90 Å². The molecular formula is C16H11NO4. The maximum Gasteiger partial charge on any atom is 0.268 e. The van der Waals surface area contributed by atoms with E-state index in [0.29, 0.717) is 10.6 Å². The molecule has 0 radical (unpaired) electrons. The van der Waals surface area contributed by atoms with Crippen LogP contribution in [-0.4, -0.2) is 29.7 Å². The van der Waals surface area contributed by atoms with Gasteiger partial charge in [0.05, 0.1) is 18.2 Å². The van der Waals surface area contributed by atoms with Gasteiger partial charge in [0.1, 0.15) is 5.75 Å². The van der Waals surface area contributed by atoms with E-state index in [9.17, 15) is 14.4 Å². The van der Waals surface area contributed by atoms with Crippen molar-refractivity contribution in [3.63, 3.8) is 0 Å². The molecule has 0 unspecified atom stereocenters. The first kappa shape index (κ1) is 13.1. The summed E-state index contributed by atoms with van der Waals surface area (Å²) in [6.45, 7) is 0. The standard InChI is InChI=1S/C16H11NO4/c1-21-11-8-6-10(7-9-11)14(18)17-15(19)12-4-2-3-5-13(12)16(17)20/h2-9H,1H3. The summed E-state index contributed by atoms with van der Waals surface area (Å²) in [6.07, 6.45) is 0. The average molecular weight is 281 g/mol. The minimum absolute atomic E-state index is 0.254. The van der Waals surface area contributed by atoms with Crippen LogP contribution in [-0.2, 0) is 0 Å². The molecule has 3 rings (SSSR count). The third-order valence-electron chi connectivity index (χ3n) is 3.33. The molecule has 0 aromatic heterocycles. The first-order chi connectivity index (χ1) is 10.1. The molecule has 5 heteroatoms. The molecule has 0 bridgehead atoms. The van der Waals surface area contributed by atoms with Crippen LogP contribution in [0.1, 0.15) is 31.1 Å². The van der Waals surface area contributed by atoms with E-state index < -0.39 is 17.7 Å². The lowest BCUT2D eigenvalue weighted by Crippen LogP contribution is -2.36. The Kier molecular flexibility index (Phi) is 3.02. The molecule has 0 saturated heterocycles. The molecule has 2 aromatic rings. The topological polar surface area (TPSA) is 63.7 Å². The van der Waals surface area contributed by atoms with E-state index in [0.717, 1.165) is 0 Å². The van der Waals surface area contributed by atoms with Crippen LogP contribution in [0.5, 0.6) is 5.75 Å². The molecule has 2 aromatic carbocycles. The van der Waals surface area contributed by atoms with Gasteiger partial charge < -0.3 is 4.74 Å². The van der Waals surface area contributed by atoms with Crippen molar-refractivity contribution >= 4 is 17.7 Å². The number of nitrogens with zero attached hydrogens (tertiary/aromatic N) is 1. The van der Waals surface area contributed by atoms with Crippen LogP contribution in [0.15, 0.2) is 48.5 Å². The quantitative estimate of drug-likeness (QED) is 0.791. The normalized spacial score (nSPS) is 13.3. The van der Waals surface area contributed by atoms with Gasteiger partial charge in [-0.05, 0) is 36.4 Å². The van der Waals surface area contributed by atoms with Crippen molar-refractivity contribution < 1.29 is 19.1 Å². The van der Waals surface area contributed by atoms with Crippen LogP contribution in [0, 0.1) is 0 Å². The van der Waals surface area contributed by atoms with Gasteiger partial charge in [-0.2, -0.15) is 0 Å². The Balaban J connectivity index is 1.96. The van der Waals surface area contributed by atoms with E-state index in [1.807, 2.05) is 0 Å². The van der Waals surface area contributed by atoms with Gasteiger partial charge in [0.2, 0.25) is 0 Å². The second-order valence-corrected chi connectivity index (χ2v) is 4.52. The molecule has 1 heterocycles. The molecule has 3 amide bonds. The molecule has 0 aliphatic carbocycles. The highest BCUT2D eigenvalue weighted by Crippen LogP contribution is 2.24. The van der Waals surface area contributed by atoms with Crippen molar-refractivity contribution in [2.45, 2.75) is 0 Å². The molecule has 21 heavy (non-hydrogen) atoms. The second-order valence-electron chi connectivity index (χ2n) is 4.52. The number of fused-ring (bicyclic) bond motifs is 1. The zero-order valence-corrected chi connectivity index (χ0v) is 11.2. The summed E-state index contributed by atoms with van der Waals surface area (Å²) < 4.78 is 5.01. The number of methoxy groups -OCH3 is 1. The van der Waals surface area contributed by atoms with E-state index >= 15 is 0 Å². The largest absolute Gasteiger partial charge is 0.497 e. The van der Waals surface area contributed by atoms with Crippen molar-refractivity contribution in [3.05, 3.63) is 65.2 Å². The summed E-state index contributed by atoms with van der Waals surface area (Å²) in [5, 5.41) is 0. The number of rotatable bonds is 2. The van der Waals surface area contributed by atoms with Crippen LogP contribution in [0.2, 0.25) is 0 Å². The fourth-order valence-electron chi connectivity index (χ4n) is 2.24. The number of hydrogen-bond acceptors (Lipinski definition) is 4. The molecule has 1 aliphatic heterocycles. The zero-order valence-electron chi connectivity index (χ0n) is 11.2. The minimum atomic E-state index is -0.635. The van der Waals surface area contributed by atoms with Gasteiger partial charge in [-0.1, -0.05) is 12.1 Å². The molecule has 0 N–H and O–H groups in total. The van der Waals surface area contributed by atoms with Crippen molar-refractivity contribution in [2.24, 2.45) is 0 Å². The van der Waals surface area contributed by atoms with Crippen LogP contribution < -0.4 is 4.74 Å². The van der Waals surface area contributed by atoms with Crippen molar-refractivity contribution in [3.8, 4) is 5.75 Å². The summed E-state index contributed by atoms with van der Waals surface area (Å²) in [4.78, 5) is 37.5. The Morgan fingerprint density at radius 1 is 0.905 bits per heavy atom. The Bertz CT molecular complexity index is 714. The van der Waals surface area contributed by atoms with Crippen molar-refractivity contribution in [1.29, 1.82) is 0 Å². The van der Waals surface area contributed by atoms with Gasteiger partial charge in [0, 0.05) is 5.56 Å². The first-order valence-electron chi connectivity index (χ1n) is 6.29. The monoisotopic (exact) mass is 281 g/mol. The maximum atomic E-state index is 12.4. The first-order valence-corrected chi connectivity index (χ1v) is 6.29. The molecule has 104 valence electrons. The molecule has 5 nitrogen and oxygen atoms in total. The van der Waals surface area contributed by atoms with Crippen LogP contribution in [0.3, 0.4) is 0 Å². The van der Waals surface area contributed by atoms with Crippen molar-refractivity contribution in [2.75, 3.05) is 7.11 Å². The van der Waals surface area contributed by atoms with E-state index in [1.165, 1.54) is 31.4 Å². The van der Waals surface area contributed by atoms with Gasteiger partial charge in [-0.3, -0.25) is 14.4 Å². The summed E-state index contributed by atoms with van der Waals surface area (Å²) in [5.41, 5.74) is 0.763. The number of ether oxygens (including phenoxy) is 1. The lowest BCUT2D eigenvalue weighted by Gasteiger charge is -2.12. The van der Waals surface area contributed by atoms with Crippen molar-refractivity contribution in [1.82, 2.24) is 4.90 Å². The summed E-state index contributed by atoms with van der Waals surface area (Å²) in [6, 6.07) is 12.6. The highest BCUT2D eigenvalue weighted by molar-refractivity contribution is 6.31. The number of amides is 3. The summed E-state index contributed by atoms with van der Waals surface area (Å²) >= 11 is 0. The predicted octanol–water partition coefficient (Wildman–Crippen LogP) is 2.13. The molecule has 0 atom stereocenters. The van der Waals surface area contributed by atoms with E-state index in [4.69, 9.17) is 4.74 Å². The molecular weight excluding hydrogens is 270 g/mol. The van der Waals surface area contributed by atoms with Crippen LogP contribution in [0.25, 0.3) is 0 Å². The van der Waals surface area contributed by atoms with Gasteiger partial charge in [0.15, 0.2) is 0 Å². The highest BCUT2D eigenvalue weighted by atomic mass is 16.5. The zero-order chi connectivity index (χ0) is 15.0. The van der Waals surface area contributed by atoms with E-state index in [1.54, 1.807) is 24.3 Å². The molecule has 1 aliphatic rings. The summed E-state index contributed by atoms with van der Waals surface area (Å²) in [5.74, 6) is -1.22. The molecule has 0 fully saturated rings. The fraction of sp³-hybridized carbons (Fsp3) is 0.0625. The molecule has 0 saturated carbocycles. The van der Waals surface area contributed by atoms with Gasteiger partial charge >= 0.3 is 0 Å².